The highest BCUT2D eigenvalue weighted by Crippen LogP contribution is 2.10. The number of benzene rings is 2. The second kappa shape index (κ2) is 12.4. The van der Waals surface area contributed by atoms with E-state index < -0.39 is 16.1 Å². The summed E-state index contributed by atoms with van der Waals surface area (Å²) in [5.74, 6) is 0. The molecular formula is C23H30N2O4S. The summed E-state index contributed by atoms with van der Waals surface area (Å²) >= 11 is 0. The van der Waals surface area contributed by atoms with Crippen molar-refractivity contribution in [3.63, 3.8) is 0 Å². The quantitative estimate of drug-likeness (QED) is 0.401. The lowest BCUT2D eigenvalue weighted by Crippen LogP contribution is -2.47. The summed E-state index contributed by atoms with van der Waals surface area (Å²) in [5.41, 5.74) is 1.74. The fourth-order valence-corrected chi connectivity index (χ4v) is 4.13. The molecule has 0 amide bonds. The Kier molecular flexibility index (Phi) is 9.93. The first-order chi connectivity index (χ1) is 14.5. The van der Waals surface area contributed by atoms with Gasteiger partial charge in [-0.15, -0.1) is 0 Å². The minimum Gasteiger partial charge on any atom is -0.396 e. The molecule has 0 aliphatic carbocycles. The monoisotopic (exact) mass is 430 g/mol. The van der Waals surface area contributed by atoms with E-state index in [4.69, 9.17) is 4.74 Å². The van der Waals surface area contributed by atoms with Crippen molar-refractivity contribution in [1.82, 2.24) is 10.0 Å². The molecule has 6 nitrogen and oxygen atoms in total. The van der Waals surface area contributed by atoms with Crippen LogP contribution in [0.5, 0.6) is 0 Å². The second-order valence-corrected chi connectivity index (χ2v) is 8.60. The van der Waals surface area contributed by atoms with Crippen molar-refractivity contribution in [3.05, 3.63) is 91.0 Å². The van der Waals surface area contributed by atoms with E-state index in [0.717, 1.165) is 11.1 Å². The Labute approximate surface area is 179 Å². The van der Waals surface area contributed by atoms with Crippen LogP contribution in [0.25, 0.3) is 0 Å². The summed E-state index contributed by atoms with van der Waals surface area (Å²) in [5, 5.41) is 12.6. The van der Waals surface area contributed by atoms with Gasteiger partial charge in [0.15, 0.2) is 0 Å². The minimum absolute atomic E-state index is 0.0184. The smallest absolute Gasteiger partial charge is 0.240 e. The summed E-state index contributed by atoms with van der Waals surface area (Å²) in [4.78, 5) is 0.195. The number of ether oxygens (including phenoxy) is 1. The predicted octanol–water partition coefficient (Wildman–Crippen LogP) is 2.63. The van der Waals surface area contributed by atoms with Gasteiger partial charge >= 0.3 is 0 Å². The molecule has 0 aliphatic heterocycles. The Morgan fingerprint density at radius 3 is 2.33 bits per heavy atom. The van der Waals surface area contributed by atoms with Crippen LogP contribution >= 0.6 is 0 Å². The van der Waals surface area contributed by atoms with Crippen LogP contribution in [-0.4, -0.2) is 45.4 Å². The first kappa shape index (κ1) is 24.0. The lowest BCUT2D eigenvalue weighted by atomic mass is 10.1. The molecule has 0 saturated heterocycles. The van der Waals surface area contributed by atoms with Crippen LogP contribution in [0, 0.1) is 0 Å². The Bertz CT molecular complexity index is 886. The maximum atomic E-state index is 12.8. The molecule has 2 aromatic rings. The molecule has 0 aromatic heterocycles. The van der Waals surface area contributed by atoms with Gasteiger partial charge < -0.3 is 15.2 Å². The number of hydrogen-bond donors (Lipinski definition) is 3. The van der Waals surface area contributed by atoms with E-state index in [1.165, 1.54) is 0 Å². The third kappa shape index (κ3) is 7.85. The van der Waals surface area contributed by atoms with Gasteiger partial charge in [-0.3, -0.25) is 0 Å². The summed E-state index contributed by atoms with van der Waals surface area (Å²) < 4.78 is 34.0. The zero-order valence-corrected chi connectivity index (χ0v) is 17.9. The van der Waals surface area contributed by atoms with Crippen LogP contribution in [0.4, 0.5) is 0 Å². The van der Waals surface area contributed by atoms with Gasteiger partial charge in [0.1, 0.15) is 0 Å². The summed E-state index contributed by atoms with van der Waals surface area (Å²) in [6, 6.07) is 17.2. The summed E-state index contributed by atoms with van der Waals surface area (Å²) in [6.07, 6.45) is 2.08. The fourth-order valence-electron chi connectivity index (χ4n) is 2.89. The fraction of sp³-hybridized carbons (Fsp3) is 0.304. The highest BCUT2D eigenvalue weighted by Gasteiger charge is 2.21. The number of nitrogens with one attached hydrogen (secondary N) is 2. The molecule has 162 valence electrons. The molecule has 0 spiro atoms. The third-order valence-corrected chi connectivity index (χ3v) is 6.08. The lowest BCUT2D eigenvalue weighted by molar-refractivity contribution is 0.103. The molecule has 2 aromatic carbocycles. The van der Waals surface area contributed by atoms with Gasteiger partial charge in [0.05, 0.1) is 24.2 Å². The lowest BCUT2D eigenvalue weighted by Gasteiger charge is -2.24. The zero-order chi connectivity index (χ0) is 21.8. The second-order valence-electron chi connectivity index (χ2n) is 6.88. The Morgan fingerprint density at radius 2 is 1.73 bits per heavy atom. The van der Waals surface area contributed by atoms with Crippen molar-refractivity contribution >= 4 is 10.0 Å². The topological polar surface area (TPSA) is 87.7 Å². The first-order valence-corrected chi connectivity index (χ1v) is 11.3. The van der Waals surface area contributed by atoms with Gasteiger partial charge in [0.2, 0.25) is 10.0 Å². The molecule has 0 saturated carbocycles. The highest BCUT2D eigenvalue weighted by atomic mass is 32.2. The summed E-state index contributed by atoms with van der Waals surface area (Å²) in [6.45, 7) is 8.49. The molecule has 2 rings (SSSR count). The zero-order valence-electron chi connectivity index (χ0n) is 17.0. The van der Waals surface area contributed by atoms with E-state index >= 15 is 0 Å². The number of aliphatic hydroxyl groups excluding tert-OH is 1. The predicted molar refractivity (Wildman–Crippen MR) is 119 cm³/mol. The molecule has 0 aliphatic rings. The average molecular weight is 431 g/mol. The largest absolute Gasteiger partial charge is 0.396 e. The van der Waals surface area contributed by atoms with Gasteiger partial charge in [-0.1, -0.05) is 67.8 Å². The number of aliphatic hydroxyl groups is 1. The minimum atomic E-state index is -3.70. The Balaban J connectivity index is 2.06. The maximum Gasteiger partial charge on any atom is 0.240 e. The Morgan fingerprint density at radius 1 is 1.10 bits per heavy atom. The van der Waals surface area contributed by atoms with Crippen molar-refractivity contribution in [1.29, 1.82) is 0 Å². The Hall–Kier alpha value is -2.29. The first-order valence-electron chi connectivity index (χ1n) is 9.80. The van der Waals surface area contributed by atoms with Crippen LogP contribution < -0.4 is 10.0 Å². The standard InChI is InChI=1S/C23H30N2O4S/c1-3-19(2)23(14-15-26)24-16-21(18-29-17-20-10-6-4-7-11-20)25-30(27,28)22-12-8-5-9-13-22/h3-13,21,23-26H,1-2,14-18H2. The average Bonchev–Trinajstić information content (AvgIpc) is 2.77. The maximum absolute atomic E-state index is 12.8. The van der Waals surface area contributed by atoms with Crippen LogP contribution in [0.3, 0.4) is 0 Å². The molecule has 0 heterocycles. The summed E-state index contributed by atoms with van der Waals surface area (Å²) in [7, 11) is -3.70. The van der Waals surface area contributed by atoms with Crippen LogP contribution in [0.2, 0.25) is 0 Å². The molecule has 3 N–H and O–H groups in total. The van der Waals surface area contributed by atoms with Crippen LogP contribution in [0.1, 0.15) is 12.0 Å². The molecule has 7 heteroatoms. The van der Waals surface area contributed by atoms with Gasteiger partial charge in [-0.25, -0.2) is 13.1 Å². The van der Waals surface area contributed by atoms with E-state index in [2.05, 4.69) is 23.2 Å². The molecule has 0 bridgehead atoms. The van der Waals surface area contributed by atoms with E-state index in [9.17, 15) is 13.5 Å². The van der Waals surface area contributed by atoms with Crippen molar-refractivity contribution in [2.45, 2.75) is 30.0 Å². The molecule has 30 heavy (non-hydrogen) atoms. The van der Waals surface area contributed by atoms with Crippen molar-refractivity contribution in [2.75, 3.05) is 19.8 Å². The molecule has 2 unspecified atom stereocenters. The van der Waals surface area contributed by atoms with E-state index in [1.54, 1.807) is 36.4 Å². The van der Waals surface area contributed by atoms with Crippen molar-refractivity contribution in [3.8, 4) is 0 Å². The molecular weight excluding hydrogens is 400 g/mol. The highest BCUT2D eigenvalue weighted by molar-refractivity contribution is 7.89. The third-order valence-electron chi connectivity index (χ3n) is 4.54. The number of sulfonamides is 1. The molecule has 0 fully saturated rings. The SMILES string of the molecule is C=CC(=C)C(CCO)NCC(COCc1ccccc1)NS(=O)(=O)c1ccccc1. The van der Waals surface area contributed by atoms with Crippen molar-refractivity contribution in [2.24, 2.45) is 0 Å². The van der Waals surface area contributed by atoms with Gasteiger partial charge in [-0.05, 0) is 29.7 Å². The number of hydrogen-bond acceptors (Lipinski definition) is 5. The van der Waals surface area contributed by atoms with E-state index in [1.807, 2.05) is 30.3 Å². The molecule has 2 atom stereocenters. The van der Waals surface area contributed by atoms with Crippen LogP contribution in [0.15, 0.2) is 90.4 Å². The van der Waals surface area contributed by atoms with Gasteiger partial charge in [0, 0.05) is 19.2 Å². The van der Waals surface area contributed by atoms with Crippen LogP contribution in [-0.2, 0) is 21.4 Å². The molecule has 0 radical (unpaired) electrons. The van der Waals surface area contributed by atoms with Gasteiger partial charge in [-0.2, -0.15) is 0 Å². The van der Waals surface area contributed by atoms with Crippen molar-refractivity contribution < 1.29 is 18.3 Å². The van der Waals surface area contributed by atoms with E-state index in [0.29, 0.717) is 19.6 Å². The van der Waals surface area contributed by atoms with E-state index in [-0.39, 0.29) is 24.2 Å². The number of rotatable bonds is 14. The van der Waals surface area contributed by atoms with Gasteiger partial charge in [0.25, 0.3) is 0 Å². The normalized spacial score (nSPS) is 13.5.